The van der Waals surface area contributed by atoms with E-state index in [1.165, 1.54) is 0 Å². The van der Waals surface area contributed by atoms with Crippen molar-refractivity contribution in [2.45, 2.75) is 18.8 Å². The van der Waals surface area contributed by atoms with Gasteiger partial charge >= 0.3 is 0 Å². The summed E-state index contributed by atoms with van der Waals surface area (Å²) in [4.78, 5) is 17.7. The second-order valence-electron chi connectivity index (χ2n) is 4.70. The predicted molar refractivity (Wildman–Crippen MR) is 67.1 cm³/mol. The largest absolute Gasteiger partial charge is 0.345 e. The number of carbonyl (C=O) groups excluding carboxylic acids is 1. The Labute approximate surface area is 102 Å². The highest BCUT2D eigenvalue weighted by Crippen LogP contribution is 2.23. The number of hydrogen-bond donors (Lipinski definition) is 1. The second-order valence-corrected chi connectivity index (χ2v) is 4.70. The van der Waals surface area contributed by atoms with Gasteiger partial charge in [-0.3, -0.25) is 9.78 Å². The van der Waals surface area contributed by atoms with Crippen LogP contribution in [0.1, 0.15) is 34.8 Å². The molecule has 1 aromatic rings. The van der Waals surface area contributed by atoms with Crippen LogP contribution in [-0.2, 0) is 0 Å². The molecular weight excluding hydrogens is 214 g/mol. The molecule has 0 saturated carbocycles. The van der Waals surface area contributed by atoms with E-state index in [4.69, 9.17) is 0 Å². The van der Waals surface area contributed by atoms with Gasteiger partial charge in [0.1, 0.15) is 0 Å². The first-order valence-corrected chi connectivity index (χ1v) is 6.07. The fourth-order valence-corrected chi connectivity index (χ4v) is 2.15. The highest BCUT2D eigenvalue weighted by atomic mass is 16.2. The van der Waals surface area contributed by atoms with Crippen LogP contribution in [0.2, 0.25) is 0 Å². The number of amides is 1. The number of hydrogen-bond acceptors (Lipinski definition) is 3. The summed E-state index contributed by atoms with van der Waals surface area (Å²) in [5.41, 5.74) is 1.77. The van der Waals surface area contributed by atoms with Crippen LogP contribution in [0.25, 0.3) is 0 Å². The number of piperidine rings is 1. The molecule has 1 saturated heterocycles. The minimum absolute atomic E-state index is 0.00867. The number of rotatable bonds is 2. The highest BCUT2D eigenvalue weighted by Gasteiger charge is 2.17. The molecule has 92 valence electrons. The van der Waals surface area contributed by atoms with E-state index in [0.29, 0.717) is 11.5 Å². The third kappa shape index (κ3) is 2.82. The molecule has 1 aliphatic heterocycles. The molecule has 1 aromatic heterocycles. The normalized spacial score (nSPS) is 16.8. The topological polar surface area (TPSA) is 45.2 Å². The molecule has 0 spiro atoms. The van der Waals surface area contributed by atoms with Crippen molar-refractivity contribution < 1.29 is 4.79 Å². The smallest absolute Gasteiger partial charge is 0.254 e. The molecule has 1 N–H and O–H groups in total. The summed E-state index contributed by atoms with van der Waals surface area (Å²) in [7, 11) is 3.51. The number of pyridine rings is 1. The SMILES string of the molecule is CN(C)C(=O)c1ccc(C2CCNCC2)nc1. The van der Waals surface area contributed by atoms with Crippen LogP contribution in [0.3, 0.4) is 0 Å². The average molecular weight is 233 g/mol. The van der Waals surface area contributed by atoms with E-state index in [2.05, 4.69) is 10.3 Å². The lowest BCUT2D eigenvalue weighted by Crippen LogP contribution is -2.27. The summed E-state index contributed by atoms with van der Waals surface area (Å²) in [6.07, 6.45) is 3.96. The molecule has 0 aliphatic carbocycles. The average Bonchev–Trinajstić information content (AvgIpc) is 2.39. The van der Waals surface area contributed by atoms with Gasteiger partial charge in [-0.15, -0.1) is 0 Å². The van der Waals surface area contributed by atoms with Crippen molar-refractivity contribution in [1.29, 1.82) is 0 Å². The molecule has 1 amide bonds. The number of nitrogens with one attached hydrogen (secondary N) is 1. The summed E-state index contributed by atoms with van der Waals surface area (Å²) in [6, 6.07) is 3.87. The molecule has 0 aromatic carbocycles. The first-order chi connectivity index (χ1) is 8.18. The molecule has 0 atom stereocenters. The number of aromatic nitrogens is 1. The molecule has 0 bridgehead atoms. The molecular formula is C13H19N3O. The third-order valence-corrected chi connectivity index (χ3v) is 3.20. The first-order valence-electron chi connectivity index (χ1n) is 6.07. The maximum atomic E-state index is 11.7. The van der Waals surface area contributed by atoms with Crippen molar-refractivity contribution in [2.24, 2.45) is 0 Å². The third-order valence-electron chi connectivity index (χ3n) is 3.20. The summed E-state index contributed by atoms with van der Waals surface area (Å²) < 4.78 is 0. The summed E-state index contributed by atoms with van der Waals surface area (Å²) in [6.45, 7) is 2.12. The van der Waals surface area contributed by atoms with Gasteiger partial charge in [0.2, 0.25) is 0 Å². The molecule has 1 aliphatic rings. The predicted octanol–water partition coefficient (Wildman–Crippen LogP) is 1.25. The maximum Gasteiger partial charge on any atom is 0.254 e. The second kappa shape index (κ2) is 5.27. The summed E-state index contributed by atoms with van der Waals surface area (Å²) in [5.74, 6) is 0.550. The molecule has 17 heavy (non-hydrogen) atoms. The van der Waals surface area contributed by atoms with Crippen molar-refractivity contribution in [3.8, 4) is 0 Å². The van der Waals surface area contributed by atoms with E-state index in [1.54, 1.807) is 25.2 Å². The van der Waals surface area contributed by atoms with E-state index in [-0.39, 0.29) is 5.91 Å². The van der Waals surface area contributed by atoms with Gasteiger partial charge in [0.25, 0.3) is 5.91 Å². The van der Waals surface area contributed by atoms with Crippen molar-refractivity contribution in [3.05, 3.63) is 29.6 Å². The van der Waals surface area contributed by atoms with Crippen molar-refractivity contribution in [3.63, 3.8) is 0 Å². The molecule has 0 unspecified atom stereocenters. The van der Waals surface area contributed by atoms with Crippen LogP contribution in [0, 0.1) is 0 Å². The van der Waals surface area contributed by atoms with Gasteiger partial charge in [0.15, 0.2) is 0 Å². The molecule has 4 nitrogen and oxygen atoms in total. The Bertz CT molecular complexity index is 380. The molecule has 0 radical (unpaired) electrons. The van der Waals surface area contributed by atoms with E-state index >= 15 is 0 Å². The molecule has 2 rings (SSSR count). The zero-order valence-corrected chi connectivity index (χ0v) is 10.4. The van der Waals surface area contributed by atoms with Crippen LogP contribution < -0.4 is 5.32 Å². The van der Waals surface area contributed by atoms with Gasteiger partial charge in [-0.05, 0) is 38.1 Å². The fourth-order valence-electron chi connectivity index (χ4n) is 2.15. The van der Waals surface area contributed by atoms with Gasteiger partial charge in [0, 0.05) is 31.9 Å². The Kier molecular flexibility index (Phi) is 3.74. The monoisotopic (exact) mass is 233 g/mol. The maximum absolute atomic E-state index is 11.7. The van der Waals surface area contributed by atoms with Gasteiger partial charge in [-0.2, -0.15) is 0 Å². The lowest BCUT2D eigenvalue weighted by atomic mass is 9.94. The quantitative estimate of drug-likeness (QED) is 0.836. The summed E-state index contributed by atoms with van der Waals surface area (Å²) in [5, 5.41) is 3.34. The van der Waals surface area contributed by atoms with Crippen molar-refractivity contribution in [2.75, 3.05) is 27.2 Å². The zero-order chi connectivity index (χ0) is 12.3. The minimum Gasteiger partial charge on any atom is -0.345 e. The van der Waals surface area contributed by atoms with Crippen LogP contribution >= 0.6 is 0 Å². The molecule has 4 heteroatoms. The Hall–Kier alpha value is -1.42. The van der Waals surface area contributed by atoms with Gasteiger partial charge < -0.3 is 10.2 Å². The van der Waals surface area contributed by atoms with Crippen LogP contribution in [0.5, 0.6) is 0 Å². The van der Waals surface area contributed by atoms with Crippen molar-refractivity contribution >= 4 is 5.91 Å². The summed E-state index contributed by atoms with van der Waals surface area (Å²) >= 11 is 0. The van der Waals surface area contributed by atoms with Crippen LogP contribution in [0.15, 0.2) is 18.3 Å². The highest BCUT2D eigenvalue weighted by molar-refractivity contribution is 5.93. The standard InChI is InChI=1S/C13H19N3O/c1-16(2)13(17)11-3-4-12(15-9-11)10-5-7-14-8-6-10/h3-4,9-10,14H,5-8H2,1-2H3. The molecule has 2 heterocycles. The van der Waals surface area contributed by atoms with Crippen LogP contribution in [0.4, 0.5) is 0 Å². The lowest BCUT2D eigenvalue weighted by Gasteiger charge is -2.22. The fraction of sp³-hybridized carbons (Fsp3) is 0.538. The van der Waals surface area contributed by atoms with E-state index < -0.39 is 0 Å². The Morgan fingerprint density at radius 2 is 2.06 bits per heavy atom. The van der Waals surface area contributed by atoms with Gasteiger partial charge in [-0.25, -0.2) is 0 Å². The van der Waals surface area contributed by atoms with Crippen LogP contribution in [-0.4, -0.2) is 43.0 Å². The number of nitrogens with zero attached hydrogens (tertiary/aromatic N) is 2. The Morgan fingerprint density at radius 1 is 1.35 bits per heavy atom. The Morgan fingerprint density at radius 3 is 2.59 bits per heavy atom. The minimum atomic E-state index is 0.00867. The van der Waals surface area contributed by atoms with Gasteiger partial charge in [0.05, 0.1) is 5.56 Å². The lowest BCUT2D eigenvalue weighted by molar-refractivity contribution is 0.0827. The molecule has 1 fully saturated rings. The first kappa shape index (κ1) is 12.0. The van der Waals surface area contributed by atoms with E-state index in [1.807, 2.05) is 12.1 Å². The van der Waals surface area contributed by atoms with E-state index in [0.717, 1.165) is 31.6 Å². The Balaban J connectivity index is 2.09. The zero-order valence-electron chi connectivity index (χ0n) is 10.4. The van der Waals surface area contributed by atoms with Gasteiger partial charge in [-0.1, -0.05) is 0 Å². The van der Waals surface area contributed by atoms with Crippen molar-refractivity contribution in [1.82, 2.24) is 15.2 Å². The number of carbonyl (C=O) groups is 1. The van der Waals surface area contributed by atoms with E-state index in [9.17, 15) is 4.79 Å².